The number of aliphatic hydroxyl groups excluding tert-OH is 1. The average Bonchev–Trinajstić information content (AvgIpc) is 3.78. The van der Waals surface area contributed by atoms with E-state index in [9.17, 15) is 19.5 Å². The van der Waals surface area contributed by atoms with E-state index in [0.717, 1.165) is 16.8 Å². The summed E-state index contributed by atoms with van der Waals surface area (Å²) in [6, 6.07) is 18.4. The highest BCUT2D eigenvalue weighted by molar-refractivity contribution is 5.86. The van der Waals surface area contributed by atoms with Crippen LogP contribution in [0.1, 0.15) is 44.0 Å². The maximum atomic E-state index is 13.8. The van der Waals surface area contributed by atoms with Crippen LogP contribution >= 0.6 is 0 Å². The van der Waals surface area contributed by atoms with Crippen molar-refractivity contribution in [3.05, 3.63) is 89.7 Å². The second-order valence-corrected chi connectivity index (χ2v) is 14.4. The molecule has 2 aromatic carbocycles. The van der Waals surface area contributed by atoms with E-state index in [4.69, 9.17) is 28.4 Å². The van der Waals surface area contributed by atoms with E-state index in [1.165, 1.54) is 7.11 Å². The Morgan fingerprint density at radius 1 is 0.944 bits per heavy atom. The minimum atomic E-state index is -1.22. The molecule has 0 radical (unpaired) electrons. The van der Waals surface area contributed by atoms with Crippen molar-refractivity contribution in [3.8, 4) is 11.5 Å². The van der Waals surface area contributed by atoms with Crippen molar-refractivity contribution in [3.63, 3.8) is 0 Å². The first-order valence-corrected chi connectivity index (χ1v) is 17.9. The Bertz CT molecular complexity index is 1650. The topological polar surface area (TPSA) is 179 Å². The van der Waals surface area contributed by atoms with Crippen molar-refractivity contribution in [2.24, 2.45) is 11.3 Å². The molecule has 3 aromatic rings. The molecule has 15 nitrogen and oxygen atoms in total. The lowest BCUT2D eigenvalue weighted by Crippen LogP contribution is -2.59. The minimum Gasteiger partial charge on any atom is -0.497 e. The number of nitrogens with zero attached hydrogens (tertiary/aromatic N) is 2. The Hall–Kier alpha value is -4.96. The van der Waals surface area contributed by atoms with Crippen molar-refractivity contribution in [2.75, 3.05) is 34.0 Å². The predicted octanol–water partition coefficient (Wildman–Crippen LogP) is 3.73. The Labute approximate surface area is 315 Å². The molecule has 3 heterocycles. The van der Waals surface area contributed by atoms with Crippen LogP contribution < -0.4 is 25.5 Å². The highest BCUT2D eigenvalue weighted by Gasteiger charge is 2.44. The fourth-order valence-corrected chi connectivity index (χ4v) is 6.30. The van der Waals surface area contributed by atoms with Crippen LogP contribution in [0.5, 0.6) is 11.5 Å². The van der Waals surface area contributed by atoms with Gasteiger partial charge in [0.2, 0.25) is 0 Å². The third-order valence-corrected chi connectivity index (χ3v) is 9.29. The molecule has 0 spiro atoms. The molecule has 2 aliphatic heterocycles. The molecule has 6 atom stereocenters. The maximum Gasteiger partial charge on any atom is 0.407 e. The fourth-order valence-electron chi connectivity index (χ4n) is 6.30. The maximum absolute atomic E-state index is 13.8. The SMILES string of the molecule is COC(=O)NC(C(=O)NN(Cc1ccc(OCc2ccccn2)cc1)CC(O)C(Cc1ccc(OC)cc1)NC(=O)OC1COC2OCCC12)C(C)(C)C. The van der Waals surface area contributed by atoms with Crippen LogP contribution in [0.25, 0.3) is 0 Å². The minimum absolute atomic E-state index is 0.0624. The van der Waals surface area contributed by atoms with Gasteiger partial charge >= 0.3 is 12.2 Å². The molecular weight excluding hydrogens is 698 g/mol. The molecule has 0 aliphatic carbocycles. The molecule has 2 fully saturated rings. The summed E-state index contributed by atoms with van der Waals surface area (Å²) in [5.74, 6) is 0.700. The third-order valence-electron chi connectivity index (χ3n) is 9.29. The number of hydrazine groups is 1. The first-order valence-electron chi connectivity index (χ1n) is 17.9. The molecule has 4 N–H and O–H groups in total. The number of nitrogens with one attached hydrogen (secondary N) is 3. The van der Waals surface area contributed by atoms with E-state index in [2.05, 4.69) is 21.0 Å². The zero-order valence-corrected chi connectivity index (χ0v) is 31.4. The summed E-state index contributed by atoms with van der Waals surface area (Å²) in [5.41, 5.74) is 4.59. The number of carbonyl (C=O) groups excluding carboxylic acids is 3. The van der Waals surface area contributed by atoms with Crippen LogP contribution in [0.2, 0.25) is 0 Å². The Morgan fingerprint density at radius 3 is 2.33 bits per heavy atom. The zero-order valence-electron chi connectivity index (χ0n) is 31.4. The van der Waals surface area contributed by atoms with E-state index >= 15 is 0 Å². The lowest BCUT2D eigenvalue weighted by atomic mass is 9.86. The predicted molar refractivity (Wildman–Crippen MR) is 196 cm³/mol. The van der Waals surface area contributed by atoms with Crippen LogP contribution in [0.4, 0.5) is 9.59 Å². The second kappa shape index (κ2) is 18.9. The summed E-state index contributed by atoms with van der Waals surface area (Å²) in [4.78, 5) is 43.7. The number of alkyl carbamates (subject to hydrolysis) is 2. The lowest BCUT2D eigenvalue weighted by molar-refractivity contribution is -0.131. The molecule has 292 valence electrons. The molecule has 15 heteroatoms. The summed E-state index contributed by atoms with van der Waals surface area (Å²) < 4.78 is 33.0. The molecule has 5 rings (SSSR count). The van der Waals surface area contributed by atoms with E-state index in [1.807, 2.05) is 75.4 Å². The fraction of sp³-hybridized carbons (Fsp3) is 0.487. The molecule has 2 aliphatic rings. The molecule has 0 saturated carbocycles. The number of carbonyl (C=O) groups is 3. The molecule has 1 aromatic heterocycles. The number of rotatable bonds is 16. The van der Waals surface area contributed by atoms with Crippen molar-refractivity contribution >= 4 is 18.1 Å². The smallest absolute Gasteiger partial charge is 0.407 e. The largest absolute Gasteiger partial charge is 0.497 e. The molecular formula is C39H51N5O10. The number of hydrogen-bond donors (Lipinski definition) is 4. The van der Waals surface area contributed by atoms with Gasteiger partial charge in [-0.2, -0.15) is 0 Å². The molecule has 6 unspecified atom stereocenters. The first-order chi connectivity index (χ1) is 25.9. The summed E-state index contributed by atoms with van der Waals surface area (Å²) in [5, 5.41) is 18.9. The van der Waals surface area contributed by atoms with Crippen molar-refractivity contribution in [1.82, 2.24) is 26.1 Å². The van der Waals surface area contributed by atoms with E-state index in [-0.39, 0.29) is 32.0 Å². The molecule has 3 amide bonds. The molecule has 0 bridgehead atoms. The quantitative estimate of drug-likeness (QED) is 0.156. The summed E-state index contributed by atoms with van der Waals surface area (Å²) in [6.07, 6.45) is -0.919. The van der Waals surface area contributed by atoms with E-state index in [1.54, 1.807) is 30.4 Å². The number of amides is 3. The summed E-state index contributed by atoms with van der Waals surface area (Å²) >= 11 is 0. The van der Waals surface area contributed by atoms with E-state index in [0.29, 0.717) is 31.1 Å². The number of aromatic nitrogens is 1. The van der Waals surface area contributed by atoms with Gasteiger partial charge in [0.1, 0.15) is 30.3 Å². The molecule has 2 saturated heterocycles. The second-order valence-electron chi connectivity index (χ2n) is 14.4. The van der Waals surface area contributed by atoms with Gasteiger partial charge in [0.15, 0.2) is 6.29 Å². The summed E-state index contributed by atoms with van der Waals surface area (Å²) in [6.45, 7) is 6.51. The van der Waals surface area contributed by atoms with Crippen molar-refractivity contribution < 1.29 is 47.9 Å². The normalized spacial score (nSPS) is 19.6. The van der Waals surface area contributed by atoms with Gasteiger partial charge in [-0.3, -0.25) is 15.2 Å². The standard InChI is InChI=1S/C39H51N5O10/c1-39(2,3)34(42-37(47)50-5)35(46)43-44(21-26-11-15-29(16-12-26)52-23-27-8-6-7-18-40-27)22-32(45)31(20-25-9-13-28(49-4)14-10-25)41-38(48)54-33-24-53-36-30(33)17-19-51-36/h6-16,18,30-34,36,45H,17,19-24H2,1-5H3,(H,41,48)(H,42,47)(H,43,46). The van der Waals surface area contributed by atoms with Crippen LogP contribution in [-0.4, -0.2) is 97.8 Å². The van der Waals surface area contributed by atoms with Crippen LogP contribution in [-0.2, 0) is 43.3 Å². The van der Waals surface area contributed by atoms with Gasteiger partial charge in [-0.1, -0.05) is 51.1 Å². The average molecular weight is 750 g/mol. The lowest BCUT2D eigenvalue weighted by Gasteiger charge is -2.34. The Kier molecular flexibility index (Phi) is 14.1. The van der Waals surface area contributed by atoms with Crippen LogP contribution in [0.15, 0.2) is 72.9 Å². The highest BCUT2D eigenvalue weighted by Crippen LogP contribution is 2.33. The first kappa shape index (κ1) is 40.2. The van der Waals surface area contributed by atoms with Crippen molar-refractivity contribution in [1.29, 1.82) is 0 Å². The monoisotopic (exact) mass is 749 g/mol. The van der Waals surface area contributed by atoms with Gasteiger partial charge < -0.3 is 44.2 Å². The number of pyridine rings is 1. The number of hydrogen-bond acceptors (Lipinski definition) is 12. The summed E-state index contributed by atoms with van der Waals surface area (Å²) in [7, 11) is 2.79. The van der Waals surface area contributed by atoms with Gasteiger partial charge in [-0.25, -0.2) is 14.6 Å². The Morgan fingerprint density at radius 2 is 1.67 bits per heavy atom. The zero-order chi connectivity index (χ0) is 38.7. The number of fused-ring (bicyclic) bond motifs is 1. The third kappa shape index (κ3) is 11.5. The number of methoxy groups -OCH3 is 2. The van der Waals surface area contributed by atoms with Gasteiger partial charge in [-0.15, -0.1) is 0 Å². The van der Waals surface area contributed by atoms with E-state index < -0.39 is 54.1 Å². The van der Waals surface area contributed by atoms with Crippen LogP contribution in [0.3, 0.4) is 0 Å². The number of ether oxygens (including phenoxy) is 6. The van der Waals surface area contributed by atoms with Gasteiger partial charge in [0, 0.05) is 19.3 Å². The van der Waals surface area contributed by atoms with Gasteiger partial charge in [0.25, 0.3) is 5.91 Å². The Balaban J connectivity index is 1.34. The van der Waals surface area contributed by atoms with Crippen LogP contribution in [0, 0.1) is 11.3 Å². The van der Waals surface area contributed by atoms with Gasteiger partial charge in [-0.05, 0) is 65.8 Å². The van der Waals surface area contributed by atoms with Crippen molar-refractivity contribution in [2.45, 2.75) is 77.3 Å². The number of benzene rings is 2. The highest BCUT2D eigenvalue weighted by atomic mass is 16.7. The van der Waals surface area contributed by atoms with Gasteiger partial charge in [0.05, 0.1) is 51.2 Å². The number of aliphatic hydroxyl groups is 1. The molecule has 54 heavy (non-hydrogen) atoms.